The van der Waals surface area contributed by atoms with Crippen LogP contribution in [0.5, 0.6) is 5.75 Å². The number of rotatable bonds is 8. The minimum absolute atomic E-state index is 0.147. The highest BCUT2D eigenvalue weighted by Crippen LogP contribution is 2.29. The van der Waals surface area contributed by atoms with Gasteiger partial charge in [0.15, 0.2) is 0 Å². The molecule has 0 fully saturated rings. The van der Waals surface area contributed by atoms with Crippen molar-refractivity contribution in [3.05, 3.63) is 59.4 Å². The van der Waals surface area contributed by atoms with Gasteiger partial charge in [0.25, 0.3) is 0 Å². The van der Waals surface area contributed by atoms with Crippen molar-refractivity contribution in [2.24, 2.45) is 0 Å². The summed E-state index contributed by atoms with van der Waals surface area (Å²) in [6, 6.07) is 12.1. The van der Waals surface area contributed by atoms with Crippen LogP contribution in [0.25, 0.3) is 0 Å². The van der Waals surface area contributed by atoms with Crippen molar-refractivity contribution < 1.29 is 18.7 Å². The van der Waals surface area contributed by atoms with Gasteiger partial charge in [-0.15, -0.1) is 0 Å². The molecule has 2 rings (SSSR count). The molecule has 2 aromatic rings. The Kier molecular flexibility index (Phi) is 7.34. The van der Waals surface area contributed by atoms with Crippen LogP contribution >= 0.6 is 0 Å². The van der Waals surface area contributed by atoms with Crippen molar-refractivity contribution >= 4 is 17.5 Å². The summed E-state index contributed by atoms with van der Waals surface area (Å²) >= 11 is 0. The van der Waals surface area contributed by atoms with Gasteiger partial charge >= 0.3 is 0 Å². The van der Waals surface area contributed by atoms with Gasteiger partial charge in [-0.25, -0.2) is 4.39 Å². The fourth-order valence-corrected chi connectivity index (χ4v) is 2.80. The quantitative estimate of drug-likeness (QED) is 0.774. The van der Waals surface area contributed by atoms with Crippen LogP contribution < -0.4 is 15.0 Å². The number of carbonyl (C=O) groups excluding carboxylic acids is 2. The number of hydrogen-bond acceptors (Lipinski definition) is 3. The van der Waals surface area contributed by atoms with Crippen LogP contribution in [0.15, 0.2) is 42.5 Å². The van der Waals surface area contributed by atoms with E-state index in [-0.39, 0.29) is 30.6 Å². The summed E-state index contributed by atoms with van der Waals surface area (Å²) in [6.45, 7) is 3.96. The van der Waals surface area contributed by atoms with Gasteiger partial charge in [0.2, 0.25) is 11.8 Å². The van der Waals surface area contributed by atoms with Gasteiger partial charge in [0, 0.05) is 26.4 Å². The molecule has 2 aromatic carbocycles. The van der Waals surface area contributed by atoms with Gasteiger partial charge < -0.3 is 15.0 Å². The second-order valence-corrected chi connectivity index (χ2v) is 6.29. The van der Waals surface area contributed by atoms with Crippen LogP contribution in [0.2, 0.25) is 0 Å². The number of nitrogens with one attached hydrogen (secondary N) is 1. The molecule has 0 saturated carbocycles. The SMILES string of the molecule is COc1ccc(C)cc1N(CCC(=O)NCCc1ccccc1F)C(C)=O. The number of hydrogen-bond donors (Lipinski definition) is 1. The summed E-state index contributed by atoms with van der Waals surface area (Å²) in [7, 11) is 1.54. The lowest BCUT2D eigenvalue weighted by Gasteiger charge is -2.23. The Hall–Kier alpha value is -2.89. The number of methoxy groups -OCH3 is 1. The van der Waals surface area contributed by atoms with Crippen LogP contribution in [0.1, 0.15) is 24.5 Å². The summed E-state index contributed by atoms with van der Waals surface area (Å²) in [5, 5.41) is 2.77. The third-order valence-corrected chi connectivity index (χ3v) is 4.24. The molecule has 5 nitrogen and oxygen atoms in total. The molecule has 0 aliphatic rings. The lowest BCUT2D eigenvalue weighted by Crippen LogP contribution is -2.34. The highest BCUT2D eigenvalue weighted by atomic mass is 19.1. The number of nitrogens with zero attached hydrogens (tertiary/aromatic N) is 1. The molecule has 0 aliphatic heterocycles. The summed E-state index contributed by atoms with van der Waals surface area (Å²) < 4.78 is 18.9. The standard InChI is InChI=1S/C21H25FN2O3/c1-15-8-9-20(27-3)19(14-15)24(16(2)25)13-11-21(26)23-12-10-17-6-4-5-7-18(17)22/h4-9,14H,10-13H2,1-3H3,(H,23,26). The lowest BCUT2D eigenvalue weighted by atomic mass is 10.1. The van der Waals surface area contributed by atoms with E-state index < -0.39 is 0 Å². The van der Waals surface area contributed by atoms with Crippen LogP contribution in [-0.4, -0.2) is 32.0 Å². The third-order valence-electron chi connectivity index (χ3n) is 4.24. The molecule has 0 heterocycles. The number of aryl methyl sites for hydroxylation is 1. The Morgan fingerprint density at radius 2 is 1.93 bits per heavy atom. The predicted molar refractivity (Wildman–Crippen MR) is 103 cm³/mol. The molecular weight excluding hydrogens is 347 g/mol. The maximum absolute atomic E-state index is 13.6. The molecule has 0 aliphatic carbocycles. The zero-order chi connectivity index (χ0) is 19.8. The Morgan fingerprint density at radius 1 is 1.19 bits per heavy atom. The van der Waals surface area contributed by atoms with E-state index in [0.717, 1.165) is 5.56 Å². The first-order valence-electron chi connectivity index (χ1n) is 8.85. The van der Waals surface area contributed by atoms with Crippen LogP contribution in [0, 0.1) is 12.7 Å². The maximum Gasteiger partial charge on any atom is 0.223 e. The molecule has 0 unspecified atom stereocenters. The molecule has 144 valence electrons. The fourth-order valence-electron chi connectivity index (χ4n) is 2.80. The molecule has 6 heteroatoms. The molecule has 0 atom stereocenters. The van der Waals surface area contributed by atoms with Crippen molar-refractivity contribution in [1.82, 2.24) is 5.32 Å². The van der Waals surface area contributed by atoms with Crippen molar-refractivity contribution in [2.45, 2.75) is 26.7 Å². The summed E-state index contributed by atoms with van der Waals surface area (Å²) in [6.07, 6.45) is 0.564. The fraction of sp³-hybridized carbons (Fsp3) is 0.333. The minimum Gasteiger partial charge on any atom is -0.495 e. The number of halogens is 1. The van der Waals surface area contributed by atoms with Gasteiger partial charge in [-0.2, -0.15) is 0 Å². The second-order valence-electron chi connectivity index (χ2n) is 6.29. The molecule has 0 saturated heterocycles. The third kappa shape index (κ3) is 5.81. The first kappa shape index (κ1) is 20.4. The predicted octanol–water partition coefficient (Wildman–Crippen LogP) is 3.24. The van der Waals surface area contributed by atoms with Crippen molar-refractivity contribution in [3.63, 3.8) is 0 Å². The largest absolute Gasteiger partial charge is 0.495 e. The number of anilines is 1. The topological polar surface area (TPSA) is 58.6 Å². The van der Waals surface area contributed by atoms with E-state index >= 15 is 0 Å². The number of ether oxygens (including phenoxy) is 1. The molecule has 2 amide bonds. The van der Waals surface area contributed by atoms with E-state index in [9.17, 15) is 14.0 Å². The summed E-state index contributed by atoms with van der Waals surface area (Å²) in [5.41, 5.74) is 2.20. The number of benzene rings is 2. The molecule has 27 heavy (non-hydrogen) atoms. The van der Waals surface area contributed by atoms with Crippen LogP contribution in [0.4, 0.5) is 10.1 Å². The normalized spacial score (nSPS) is 10.4. The monoisotopic (exact) mass is 372 g/mol. The second kappa shape index (κ2) is 9.71. The number of carbonyl (C=O) groups is 2. The molecular formula is C21H25FN2O3. The molecule has 0 bridgehead atoms. The Bertz CT molecular complexity index is 808. The Balaban J connectivity index is 1.92. The van der Waals surface area contributed by atoms with Crippen molar-refractivity contribution in [1.29, 1.82) is 0 Å². The average Bonchev–Trinajstić information content (AvgIpc) is 2.63. The van der Waals surface area contributed by atoms with Gasteiger partial charge in [-0.1, -0.05) is 24.3 Å². The highest BCUT2D eigenvalue weighted by molar-refractivity contribution is 5.94. The van der Waals surface area contributed by atoms with Crippen molar-refractivity contribution in [3.8, 4) is 5.75 Å². The zero-order valence-electron chi connectivity index (χ0n) is 15.9. The molecule has 0 aromatic heterocycles. The molecule has 0 radical (unpaired) electrons. The zero-order valence-corrected chi connectivity index (χ0v) is 15.9. The lowest BCUT2D eigenvalue weighted by molar-refractivity contribution is -0.121. The summed E-state index contributed by atoms with van der Waals surface area (Å²) in [5.74, 6) is -0.0564. The first-order valence-corrected chi connectivity index (χ1v) is 8.85. The van der Waals surface area contributed by atoms with Crippen molar-refractivity contribution in [2.75, 3.05) is 25.1 Å². The van der Waals surface area contributed by atoms with E-state index in [1.807, 2.05) is 19.1 Å². The van der Waals surface area contributed by atoms with E-state index in [0.29, 0.717) is 30.0 Å². The van der Waals surface area contributed by atoms with E-state index in [1.165, 1.54) is 17.9 Å². The highest BCUT2D eigenvalue weighted by Gasteiger charge is 2.17. The smallest absolute Gasteiger partial charge is 0.223 e. The van der Waals surface area contributed by atoms with Crippen LogP contribution in [0.3, 0.4) is 0 Å². The Morgan fingerprint density at radius 3 is 2.59 bits per heavy atom. The molecule has 1 N–H and O–H groups in total. The maximum atomic E-state index is 13.6. The minimum atomic E-state index is -0.277. The van der Waals surface area contributed by atoms with Gasteiger partial charge in [0.1, 0.15) is 11.6 Å². The Labute approximate surface area is 159 Å². The average molecular weight is 372 g/mol. The van der Waals surface area contributed by atoms with Gasteiger partial charge in [-0.05, 0) is 42.7 Å². The van der Waals surface area contributed by atoms with E-state index in [1.54, 1.807) is 31.4 Å². The first-order chi connectivity index (χ1) is 12.9. The van der Waals surface area contributed by atoms with E-state index in [4.69, 9.17) is 4.74 Å². The number of amides is 2. The van der Waals surface area contributed by atoms with Gasteiger partial charge in [-0.3, -0.25) is 9.59 Å². The molecule has 0 spiro atoms. The van der Waals surface area contributed by atoms with Gasteiger partial charge in [0.05, 0.1) is 12.8 Å². The van der Waals surface area contributed by atoms with E-state index in [2.05, 4.69) is 5.32 Å². The van der Waals surface area contributed by atoms with Crippen LogP contribution in [-0.2, 0) is 16.0 Å². The summed E-state index contributed by atoms with van der Waals surface area (Å²) in [4.78, 5) is 25.7.